The fourth-order valence-electron chi connectivity index (χ4n) is 2.02. The number of hydrogen-bond donors (Lipinski definition) is 2. The molecule has 0 saturated heterocycles. The maximum atomic E-state index is 3.52. The van der Waals surface area contributed by atoms with Gasteiger partial charge in [0.1, 0.15) is 0 Å². The first-order chi connectivity index (χ1) is 8.42. The molecule has 0 fully saturated rings. The van der Waals surface area contributed by atoms with Gasteiger partial charge >= 0.3 is 0 Å². The lowest BCUT2D eigenvalue weighted by Crippen LogP contribution is -2.14. The predicted octanol–water partition coefficient (Wildman–Crippen LogP) is 3.40. The molecule has 0 bridgehead atoms. The van der Waals surface area contributed by atoms with E-state index in [2.05, 4.69) is 40.8 Å². The number of aromatic amines is 1. The van der Waals surface area contributed by atoms with Crippen LogP contribution in [0, 0.1) is 0 Å². The number of thioether (sulfide) groups is 1. The molecule has 0 spiro atoms. The molecule has 0 aliphatic heterocycles. The van der Waals surface area contributed by atoms with Crippen molar-refractivity contribution in [1.82, 2.24) is 10.3 Å². The van der Waals surface area contributed by atoms with E-state index in [0.717, 1.165) is 13.1 Å². The zero-order valence-corrected chi connectivity index (χ0v) is 11.1. The van der Waals surface area contributed by atoms with E-state index in [9.17, 15) is 0 Å². The van der Waals surface area contributed by atoms with Crippen LogP contribution in [0.3, 0.4) is 0 Å². The van der Waals surface area contributed by atoms with Crippen LogP contribution in [-0.2, 0) is 6.54 Å². The van der Waals surface area contributed by atoms with Gasteiger partial charge in [-0.2, -0.15) is 11.8 Å². The van der Waals surface area contributed by atoms with Crippen molar-refractivity contribution >= 4 is 22.7 Å². The zero-order chi connectivity index (χ0) is 11.9. The Morgan fingerprint density at radius 3 is 3.06 bits per heavy atom. The van der Waals surface area contributed by atoms with Crippen molar-refractivity contribution in [3.05, 3.63) is 36.0 Å². The first-order valence-corrected chi connectivity index (χ1v) is 7.56. The van der Waals surface area contributed by atoms with Crippen molar-refractivity contribution in [1.29, 1.82) is 0 Å². The van der Waals surface area contributed by atoms with Gasteiger partial charge in [-0.3, -0.25) is 0 Å². The van der Waals surface area contributed by atoms with Gasteiger partial charge < -0.3 is 10.3 Å². The van der Waals surface area contributed by atoms with Crippen molar-refractivity contribution in [3.8, 4) is 0 Å². The Kier molecular flexibility index (Phi) is 4.95. The maximum Gasteiger partial charge on any atom is 0.0457 e. The van der Waals surface area contributed by atoms with E-state index in [1.807, 2.05) is 18.0 Å². The number of aromatic nitrogens is 1. The van der Waals surface area contributed by atoms with Gasteiger partial charge in [0, 0.05) is 23.6 Å². The van der Waals surface area contributed by atoms with Gasteiger partial charge in [-0.15, -0.1) is 0 Å². The molecule has 2 rings (SSSR count). The summed E-state index contributed by atoms with van der Waals surface area (Å²) >= 11 is 1.93. The molecular weight excluding hydrogens is 228 g/mol. The van der Waals surface area contributed by atoms with Crippen molar-refractivity contribution in [3.63, 3.8) is 0 Å². The molecule has 3 heteroatoms. The molecule has 0 unspecified atom stereocenters. The lowest BCUT2D eigenvalue weighted by Gasteiger charge is -2.06. The molecule has 92 valence electrons. The second kappa shape index (κ2) is 6.72. The molecule has 0 atom stereocenters. The van der Waals surface area contributed by atoms with E-state index in [4.69, 9.17) is 0 Å². The molecule has 0 aliphatic rings. The predicted molar refractivity (Wildman–Crippen MR) is 77.6 cm³/mol. The Hall–Kier alpha value is -0.930. The second-order valence-electron chi connectivity index (χ2n) is 4.23. The summed E-state index contributed by atoms with van der Waals surface area (Å²) < 4.78 is 0. The molecule has 0 radical (unpaired) electrons. The Morgan fingerprint density at radius 1 is 1.24 bits per heavy atom. The third kappa shape index (κ3) is 3.51. The van der Waals surface area contributed by atoms with E-state index in [1.165, 1.54) is 35.1 Å². The van der Waals surface area contributed by atoms with Gasteiger partial charge in [0.05, 0.1) is 0 Å². The lowest BCUT2D eigenvalue weighted by molar-refractivity contribution is 0.646. The van der Waals surface area contributed by atoms with Gasteiger partial charge in [-0.05, 0) is 49.1 Å². The SMILES string of the molecule is CSCCCCNCc1cccc2[nH]ccc12. The highest BCUT2D eigenvalue weighted by molar-refractivity contribution is 7.98. The van der Waals surface area contributed by atoms with Gasteiger partial charge in [0.2, 0.25) is 0 Å². The summed E-state index contributed by atoms with van der Waals surface area (Å²) in [5.74, 6) is 1.27. The molecule has 1 aromatic carbocycles. The van der Waals surface area contributed by atoms with Gasteiger partial charge in [0.15, 0.2) is 0 Å². The molecule has 0 amide bonds. The third-order valence-corrected chi connectivity index (χ3v) is 3.65. The first-order valence-electron chi connectivity index (χ1n) is 6.16. The quantitative estimate of drug-likeness (QED) is 0.735. The van der Waals surface area contributed by atoms with E-state index in [1.54, 1.807) is 0 Å². The highest BCUT2D eigenvalue weighted by atomic mass is 32.2. The van der Waals surface area contributed by atoms with Crippen LogP contribution in [0.5, 0.6) is 0 Å². The lowest BCUT2D eigenvalue weighted by atomic mass is 10.1. The Labute approximate surface area is 107 Å². The third-order valence-electron chi connectivity index (χ3n) is 2.95. The van der Waals surface area contributed by atoms with Crippen LogP contribution in [0.15, 0.2) is 30.5 Å². The van der Waals surface area contributed by atoms with Gasteiger partial charge in [0.25, 0.3) is 0 Å². The molecule has 2 nitrogen and oxygen atoms in total. The van der Waals surface area contributed by atoms with E-state index >= 15 is 0 Å². The van der Waals surface area contributed by atoms with Crippen molar-refractivity contribution in [2.24, 2.45) is 0 Å². The number of nitrogens with one attached hydrogen (secondary N) is 2. The topological polar surface area (TPSA) is 27.8 Å². The highest BCUT2D eigenvalue weighted by Crippen LogP contribution is 2.16. The van der Waals surface area contributed by atoms with E-state index in [-0.39, 0.29) is 0 Å². The Morgan fingerprint density at radius 2 is 2.18 bits per heavy atom. The average Bonchev–Trinajstić information content (AvgIpc) is 2.82. The van der Waals surface area contributed by atoms with Crippen molar-refractivity contribution < 1.29 is 0 Å². The summed E-state index contributed by atoms with van der Waals surface area (Å²) in [6.07, 6.45) is 6.75. The van der Waals surface area contributed by atoms with Crippen molar-refractivity contribution in [2.45, 2.75) is 19.4 Å². The average molecular weight is 248 g/mol. The van der Waals surface area contributed by atoms with Crippen LogP contribution in [-0.4, -0.2) is 23.5 Å². The Balaban J connectivity index is 1.80. The molecule has 2 N–H and O–H groups in total. The second-order valence-corrected chi connectivity index (χ2v) is 5.22. The maximum absolute atomic E-state index is 3.52. The smallest absolute Gasteiger partial charge is 0.0457 e. The van der Waals surface area contributed by atoms with Crippen LogP contribution in [0.4, 0.5) is 0 Å². The monoisotopic (exact) mass is 248 g/mol. The number of H-pyrrole nitrogens is 1. The van der Waals surface area contributed by atoms with Crippen molar-refractivity contribution in [2.75, 3.05) is 18.6 Å². The molecule has 0 aliphatic carbocycles. The standard InChI is InChI=1S/C14H20N2S/c1-17-10-3-2-8-15-11-12-5-4-6-14-13(12)7-9-16-14/h4-7,9,15-16H,2-3,8,10-11H2,1H3. The normalized spacial score (nSPS) is 11.1. The minimum absolute atomic E-state index is 0.967. The van der Waals surface area contributed by atoms with Crippen LogP contribution < -0.4 is 5.32 Å². The van der Waals surface area contributed by atoms with Crippen LogP contribution in [0.1, 0.15) is 18.4 Å². The number of rotatable bonds is 7. The van der Waals surface area contributed by atoms with Gasteiger partial charge in [-0.1, -0.05) is 12.1 Å². The van der Waals surface area contributed by atoms with E-state index in [0.29, 0.717) is 0 Å². The summed E-state index contributed by atoms with van der Waals surface area (Å²) in [6, 6.07) is 8.59. The molecule has 17 heavy (non-hydrogen) atoms. The molecule has 0 saturated carbocycles. The summed E-state index contributed by atoms with van der Waals surface area (Å²) in [6.45, 7) is 2.08. The Bertz CT molecular complexity index is 450. The minimum Gasteiger partial charge on any atom is -0.361 e. The summed E-state index contributed by atoms with van der Waals surface area (Å²) in [5.41, 5.74) is 2.61. The number of benzene rings is 1. The molecule has 1 aromatic heterocycles. The zero-order valence-electron chi connectivity index (χ0n) is 10.3. The molecule has 1 heterocycles. The van der Waals surface area contributed by atoms with Crippen LogP contribution in [0.2, 0.25) is 0 Å². The van der Waals surface area contributed by atoms with Crippen LogP contribution in [0.25, 0.3) is 10.9 Å². The summed E-state index contributed by atoms with van der Waals surface area (Å²) in [7, 11) is 0. The van der Waals surface area contributed by atoms with E-state index < -0.39 is 0 Å². The minimum atomic E-state index is 0.967. The van der Waals surface area contributed by atoms with Crippen LogP contribution >= 0.6 is 11.8 Å². The van der Waals surface area contributed by atoms with Gasteiger partial charge in [-0.25, -0.2) is 0 Å². The fraction of sp³-hybridized carbons (Fsp3) is 0.429. The summed E-state index contributed by atoms with van der Waals surface area (Å²) in [4.78, 5) is 3.25. The fourth-order valence-corrected chi connectivity index (χ4v) is 2.52. The molecule has 2 aromatic rings. The number of fused-ring (bicyclic) bond motifs is 1. The largest absolute Gasteiger partial charge is 0.361 e. The summed E-state index contributed by atoms with van der Waals surface area (Å²) in [5, 5.41) is 4.86. The first kappa shape index (κ1) is 12.5. The number of hydrogen-bond acceptors (Lipinski definition) is 2. The highest BCUT2D eigenvalue weighted by Gasteiger charge is 2.00. The molecular formula is C14H20N2S. The number of unbranched alkanes of at least 4 members (excludes halogenated alkanes) is 1.